The van der Waals surface area contributed by atoms with Crippen LogP contribution in [0.5, 0.6) is 11.5 Å². The molecule has 102 valence electrons. The molecule has 0 aliphatic rings. The van der Waals surface area contributed by atoms with Gasteiger partial charge in [-0.15, -0.1) is 0 Å². The van der Waals surface area contributed by atoms with Gasteiger partial charge in [0.2, 0.25) is 0 Å². The molecule has 0 bridgehead atoms. The first-order valence-corrected chi connectivity index (χ1v) is 7.08. The van der Waals surface area contributed by atoms with Crippen molar-refractivity contribution in [3.63, 3.8) is 0 Å². The first-order chi connectivity index (χ1) is 9.63. The van der Waals surface area contributed by atoms with Crippen LogP contribution in [0.25, 0.3) is 0 Å². The Morgan fingerprint density at radius 3 is 2.75 bits per heavy atom. The zero-order valence-corrected chi connectivity index (χ0v) is 12.9. The van der Waals surface area contributed by atoms with Crippen LogP contribution in [0.2, 0.25) is 0 Å². The second-order valence-electron chi connectivity index (χ2n) is 4.43. The average Bonchev–Trinajstić information content (AvgIpc) is 2.47. The number of rotatable bonds is 4. The van der Waals surface area contributed by atoms with E-state index in [4.69, 9.17) is 10.00 Å². The summed E-state index contributed by atoms with van der Waals surface area (Å²) in [5, 5.41) is 12.1. The lowest BCUT2D eigenvalue weighted by molar-refractivity contribution is 0.466. The van der Waals surface area contributed by atoms with E-state index in [1.807, 2.05) is 37.4 Å². The highest BCUT2D eigenvalue weighted by atomic mass is 79.9. The summed E-state index contributed by atoms with van der Waals surface area (Å²) < 4.78 is 6.89. The van der Waals surface area contributed by atoms with Gasteiger partial charge in [0.1, 0.15) is 11.5 Å². The minimum absolute atomic E-state index is 0.178. The van der Waals surface area contributed by atoms with E-state index in [1.165, 1.54) is 0 Å². The van der Waals surface area contributed by atoms with Crippen LogP contribution in [0.3, 0.4) is 0 Å². The van der Waals surface area contributed by atoms with Crippen LogP contribution < -0.4 is 10.1 Å². The van der Waals surface area contributed by atoms with Crippen molar-refractivity contribution in [1.29, 1.82) is 5.26 Å². The van der Waals surface area contributed by atoms with Gasteiger partial charge in [-0.2, -0.15) is 5.26 Å². The van der Waals surface area contributed by atoms with Gasteiger partial charge in [-0.1, -0.05) is 28.1 Å². The predicted octanol–water partition coefficient (Wildman–Crippen LogP) is 4.39. The summed E-state index contributed by atoms with van der Waals surface area (Å²) in [5.74, 6) is 1.43. The Balaban J connectivity index is 2.36. The maximum Gasteiger partial charge on any atom is 0.133 e. The van der Waals surface area contributed by atoms with Crippen LogP contribution in [0, 0.1) is 11.3 Å². The third-order valence-electron chi connectivity index (χ3n) is 3.07. The van der Waals surface area contributed by atoms with E-state index in [-0.39, 0.29) is 6.04 Å². The van der Waals surface area contributed by atoms with Crippen molar-refractivity contribution in [2.24, 2.45) is 0 Å². The van der Waals surface area contributed by atoms with E-state index in [1.54, 1.807) is 12.1 Å². The molecule has 1 atom stereocenters. The van der Waals surface area contributed by atoms with Crippen molar-refractivity contribution >= 4 is 15.9 Å². The second kappa shape index (κ2) is 6.56. The van der Waals surface area contributed by atoms with Gasteiger partial charge in [-0.3, -0.25) is 0 Å². The van der Waals surface area contributed by atoms with Gasteiger partial charge in [-0.25, -0.2) is 0 Å². The van der Waals surface area contributed by atoms with Crippen LogP contribution in [0.15, 0.2) is 46.9 Å². The van der Waals surface area contributed by atoms with Crippen molar-refractivity contribution in [2.75, 3.05) is 7.05 Å². The second-order valence-corrected chi connectivity index (χ2v) is 5.35. The molecule has 0 spiro atoms. The van der Waals surface area contributed by atoms with E-state index in [0.29, 0.717) is 11.3 Å². The first kappa shape index (κ1) is 14.6. The molecular formula is C16H15BrN2O. The van der Waals surface area contributed by atoms with Crippen LogP contribution in [-0.2, 0) is 0 Å². The Morgan fingerprint density at radius 2 is 2.05 bits per heavy atom. The molecule has 1 N–H and O–H groups in total. The number of hydrogen-bond donors (Lipinski definition) is 1. The molecule has 1 unspecified atom stereocenters. The van der Waals surface area contributed by atoms with E-state index in [2.05, 4.69) is 34.2 Å². The Bertz CT molecular complexity index is 649. The number of ether oxygens (including phenoxy) is 1. The number of nitriles is 1. The number of nitrogens with one attached hydrogen (secondary N) is 1. The standard InChI is InChI=1S/C16H15BrN2O/c1-11(19-2)15-7-6-13(17)9-16(15)20-14-5-3-4-12(8-14)10-18/h3-9,11,19H,1-2H3. The normalized spacial score (nSPS) is 11.7. The fraction of sp³-hybridized carbons (Fsp3) is 0.188. The summed E-state index contributed by atoms with van der Waals surface area (Å²) in [6.07, 6.45) is 0. The summed E-state index contributed by atoms with van der Waals surface area (Å²) in [4.78, 5) is 0. The molecule has 20 heavy (non-hydrogen) atoms. The number of nitrogens with zero attached hydrogens (tertiary/aromatic N) is 1. The molecule has 0 aromatic heterocycles. The van der Waals surface area contributed by atoms with E-state index in [9.17, 15) is 0 Å². The lowest BCUT2D eigenvalue weighted by Gasteiger charge is -2.16. The zero-order valence-electron chi connectivity index (χ0n) is 11.4. The number of hydrogen-bond acceptors (Lipinski definition) is 3. The van der Waals surface area contributed by atoms with Crippen molar-refractivity contribution in [3.05, 3.63) is 58.1 Å². The monoisotopic (exact) mass is 330 g/mol. The molecule has 3 nitrogen and oxygen atoms in total. The average molecular weight is 331 g/mol. The quantitative estimate of drug-likeness (QED) is 0.903. The molecule has 2 aromatic carbocycles. The largest absolute Gasteiger partial charge is 0.457 e. The Hall–Kier alpha value is -1.83. The minimum Gasteiger partial charge on any atom is -0.457 e. The molecular weight excluding hydrogens is 316 g/mol. The third kappa shape index (κ3) is 3.38. The summed E-state index contributed by atoms with van der Waals surface area (Å²) in [6, 6.07) is 15.4. The molecule has 0 radical (unpaired) electrons. The van der Waals surface area contributed by atoms with Crippen LogP contribution in [0.4, 0.5) is 0 Å². The molecule has 0 saturated heterocycles. The summed E-state index contributed by atoms with van der Waals surface area (Å²) in [7, 11) is 1.91. The summed E-state index contributed by atoms with van der Waals surface area (Å²) >= 11 is 3.46. The van der Waals surface area contributed by atoms with Gasteiger partial charge in [0.05, 0.1) is 11.6 Å². The smallest absolute Gasteiger partial charge is 0.133 e. The van der Waals surface area contributed by atoms with Crippen LogP contribution in [-0.4, -0.2) is 7.05 Å². The van der Waals surface area contributed by atoms with Gasteiger partial charge in [0, 0.05) is 16.1 Å². The molecule has 0 aliphatic heterocycles. The lowest BCUT2D eigenvalue weighted by Crippen LogP contribution is -2.13. The molecule has 2 aromatic rings. The molecule has 0 heterocycles. The SMILES string of the molecule is CNC(C)c1ccc(Br)cc1Oc1cccc(C#N)c1. The highest BCUT2D eigenvalue weighted by Crippen LogP contribution is 2.32. The van der Waals surface area contributed by atoms with Gasteiger partial charge >= 0.3 is 0 Å². The predicted molar refractivity (Wildman–Crippen MR) is 82.8 cm³/mol. The first-order valence-electron chi connectivity index (χ1n) is 6.28. The molecule has 2 rings (SSSR count). The van der Waals surface area contributed by atoms with Crippen molar-refractivity contribution in [1.82, 2.24) is 5.32 Å². The van der Waals surface area contributed by atoms with Gasteiger partial charge in [0.15, 0.2) is 0 Å². The van der Waals surface area contributed by atoms with E-state index < -0.39 is 0 Å². The van der Waals surface area contributed by atoms with Gasteiger partial charge in [-0.05, 0) is 44.3 Å². The van der Waals surface area contributed by atoms with Crippen LogP contribution in [0.1, 0.15) is 24.1 Å². The highest BCUT2D eigenvalue weighted by molar-refractivity contribution is 9.10. The fourth-order valence-electron chi connectivity index (χ4n) is 1.87. The zero-order chi connectivity index (χ0) is 14.5. The van der Waals surface area contributed by atoms with E-state index >= 15 is 0 Å². The molecule has 0 aliphatic carbocycles. The van der Waals surface area contributed by atoms with Crippen molar-refractivity contribution < 1.29 is 4.74 Å². The molecule has 0 fully saturated rings. The van der Waals surface area contributed by atoms with Gasteiger partial charge < -0.3 is 10.1 Å². The maximum atomic E-state index is 8.93. The molecule has 4 heteroatoms. The van der Waals surface area contributed by atoms with Crippen LogP contribution >= 0.6 is 15.9 Å². The third-order valence-corrected chi connectivity index (χ3v) is 3.56. The number of halogens is 1. The highest BCUT2D eigenvalue weighted by Gasteiger charge is 2.11. The fourth-order valence-corrected chi connectivity index (χ4v) is 2.21. The Labute approximate surface area is 127 Å². The topological polar surface area (TPSA) is 45.0 Å². The molecule has 0 saturated carbocycles. The maximum absolute atomic E-state index is 8.93. The van der Waals surface area contributed by atoms with Crippen molar-refractivity contribution in [3.8, 4) is 17.6 Å². The van der Waals surface area contributed by atoms with Gasteiger partial charge in [0.25, 0.3) is 0 Å². The van der Waals surface area contributed by atoms with E-state index in [0.717, 1.165) is 15.8 Å². The Morgan fingerprint density at radius 1 is 1.25 bits per heavy atom. The Kier molecular flexibility index (Phi) is 4.78. The number of benzene rings is 2. The lowest BCUT2D eigenvalue weighted by atomic mass is 10.1. The van der Waals surface area contributed by atoms with Crippen molar-refractivity contribution in [2.45, 2.75) is 13.0 Å². The molecule has 0 amide bonds. The summed E-state index contributed by atoms with van der Waals surface area (Å²) in [6.45, 7) is 2.07. The minimum atomic E-state index is 0.178. The summed E-state index contributed by atoms with van der Waals surface area (Å²) in [5.41, 5.74) is 1.65.